The molecule has 1 amide bonds. The summed E-state index contributed by atoms with van der Waals surface area (Å²) in [4.78, 5) is 22.1. The van der Waals surface area contributed by atoms with Crippen LogP contribution in [0.5, 0.6) is 0 Å². The lowest BCUT2D eigenvalue weighted by Crippen LogP contribution is -2.33. The molecule has 0 saturated heterocycles. The van der Waals surface area contributed by atoms with Crippen LogP contribution in [0.4, 0.5) is 5.69 Å². The van der Waals surface area contributed by atoms with Gasteiger partial charge in [-0.15, -0.1) is 11.8 Å². The zero-order valence-electron chi connectivity index (χ0n) is 9.73. The zero-order valence-corrected chi connectivity index (χ0v) is 12.1. The second kappa shape index (κ2) is 7.59. The van der Waals surface area contributed by atoms with Gasteiger partial charge in [0.2, 0.25) is 5.91 Å². The van der Waals surface area contributed by atoms with Crippen molar-refractivity contribution >= 4 is 52.5 Å². The van der Waals surface area contributed by atoms with Crippen molar-refractivity contribution in [3.8, 4) is 0 Å². The summed E-state index contributed by atoms with van der Waals surface area (Å²) in [5, 5.41) is 12.0. The minimum absolute atomic E-state index is 0.0871. The molecule has 8 heteroatoms. The summed E-state index contributed by atoms with van der Waals surface area (Å²) in [6.07, 6.45) is 0. The van der Waals surface area contributed by atoms with Gasteiger partial charge in [-0.25, -0.2) is 0 Å². The van der Waals surface area contributed by atoms with E-state index in [-0.39, 0.29) is 17.4 Å². The first-order chi connectivity index (χ1) is 8.90. The van der Waals surface area contributed by atoms with Gasteiger partial charge in [-0.3, -0.25) is 9.59 Å². The molecule has 0 heterocycles. The molecular formula is C11H12Cl2N2O3S. The molecule has 0 aliphatic heterocycles. The number of amides is 1. The van der Waals surface area contributed by atoms with E-state index in [0.29, 0.717) is 15.7 Å². The Labute approximate surface area is 124 Å². The standard InChI is InChI=1S/C11H12Cl2N2O3S/c12-6-1-2-7(13)9(3-6)15-10(16)5-19-4-8(14)11(17)18/h1-3,8H,4-5,14H2,(H,15,16)(H,17,18)/t8-/m0/s1. The summed E-state index contributed by atoms with van der Waals surface area (Å²) in [6, 6.07) is 3.75. The van der Waals surface area contributed by atoms with Gasteiger partial charge in [-0.1, -0.05) is 23.2 Å². The fourth-order valence-corrected chi connectivity index (χ4v) is 2.24. The number of carboxylic acids is 1. The number of anilines is 1. The molecule has 0 aromatic heterocycles. The molecule has 0 aliphatic carbocycles. The van der Waals surface area contributed by atoms with E-state index in [2.05, 4.69) is 5.32 Å². The molecule has 0 saturated carbocycles. The molecule has 1 aromatic rings. The van der Waals surface area contributed by atoms with Gasteiger partial charge in [-0.2, -0.15) is 0 Å². The van der Waals surface area contributed by atoms with E-state index >= 15 is 0 Å². The predicted molar refractivity (Wildman–Crippen MR) is 78.0 cm³/mol. The Kier molecular flexibility index (Phi) is 6.44. The minimum Gasteiger partial charge on any atom is -0.480 e. The third kappa shape index (κ3) is 5.69. The third-order valence-corrected chi connectivity index (χ3v) is 3.68. The largest absolute Gasteiger partial charge is 0.480 e. The fraction of sp³-hybridized carbons (Fsp3) is 0.273. The van der Waals surface area contributed by atoms with Crippen LogP contribution in [0.15, 0.2) is 18.2 Å². The van der Waals surface area contributed by atoms with Gasteiger partial charge in [0.15, 0.2) is 0 Å². The van der Waals surface area contributed by atoms with E-state index in [0.717, 1.165) is 11.8 Å². The number of thioether (sulfide) groups is 1. The van der Waals surface area contributed by atoms with Gasteiger partial charge in [0.1, 0.15) is 6.04 Å². The molecule has 1 rings (SSSR count). The van der Waals surface area contributed by atoms with Crippen LogP contribution in [0.1, 0.15) is 0 Å². The van der Waals surface area contributed by atoms with Crippen molar-refractivity contribution in [1.82, 2.24) is 0 Å². The first-order valence-electron chi connectivity index (χ1n) is 5.21. The van der Waals surface area contributed by atoms with E-state index in [4.69, 9.17) is 34.0 Å². The molecule has 0 radical (unpaired) electrons. The highest BCUT2D eigenvalue weighted by Gasteiger charge is 2.13. The van der Waals surface area contributed by atoms with Crippen molar-refractivity contribution in [3.63, 3.8) is 0 Å². The Balaban J connectivity index is 2.43. The number of hydrogen-bond acceptors (Lipinski definition) is 4. The molecule has 104 valence electrons. The fourth-order valence-electron chi connectivity index (χ4n) is 1.13. The van der Waals surface area contributed by atoms with Gasteiger partial charge in [-0.05, 0) is 18.2 Å². The minimum atomic E-state index is -1.09. The lowest BCUT2D eigenvalue weighted by molar-refractivity contribution is -0.137. The second-order valence-corrected chi connectivity index (χ2v) is 5.51. The number of carboxylic acid groups (broad SMARTS) is 1. The van der Waals surface area contributed by atoms with Crippen LogP contribution in [0, 0.1) is 0 Å². The first kappa shape index (κ1) is 16.1. The maximum atomic E-state index is 11.6. The number of aliphatic carboxylic acids is 1. The Morgan fingerprint density at radius 2 is 2.11 bits per heavy atom. The smallest absolute Gasteiger partial charge is 0.321 e. The number of nitrogens with one attached hydrogen (secondary N) is 1. The van der Waals surface area contributed by atoms with Crippen molar-refractivity contribution < 1.29 is 14.7 Å². The summed E-state index contributed by atoms with van der Waals surface area (Å²) in [5.74, 6) is -1.15. The quantitative estimate of drug-likeness (QED) is 0.745. The van der Waals surface area contributed by atoms with Gasteiger partial charge in [0, 0.05) is 10.8 Å². The van der Waals surface area contributed by atoms with Crippen LogP contribution in [-0.4, -0.2) is 34.5 Å². The predicted octanol–water partition coefficient (Wildman–Crippen LogP) is 2.08. The van der Waals surface area contributed by atoms with Crippen molar-refractivity contribution in [2.45, 2.75) is 6.04 Å². The SMILES string of the molecule is N[C@@H](CSCC(=O)Nc1cc(Cl)ccc1Cl)C(=O)O. The molecule has 1 atom stereocenters. The number of rotatable bonds is 6. The molecule has 5 nitrogen and oxygen atoms in total. The number of carbonyl (C=O) groups excluding carboxylic acids is 1. The Bertz CT molecular complexity index is 485. The van der Waals surface area contributed by atoms with Crippen molar-refractivity contribution in [2.24, 2.45) is 5.73 Å². The molecule has 0 bridgehead atoms. The summed E-state index contributed by atoms with van der Waals surface area (Å²) >= 11 is 12.8. The maximum Gasteiger partial charge on any atom is 0.321 e. The van der Waals surface area contributed by atoms with Crippen LogP contribution < -0.4 is 11.1 Å². The topological polar surface area (TPSA) is 92.4 Å². The number of nitrogens with two attached hydrogens (primary N) is 1. The Hall–Kier alpha value is -0.950. The van der Waals surface area contributed by atoms with Crippen molar-refractivity contribution in [3.05, 3.63) is 28.2 Å². The molecule has 0 unspecified atom stereocenters. The maximum absolute atomic E-state index is 11.6. The Morgan fingerprint density at radius 1 is 1.42 bits per heavy atom. The average molecular weight is 323 g/mol. The normalized spacial score (nSPS) is 11.9. The molecule has 4 N–H and O–H groups in total. The lowest BCUT2D eigenvalue weighted by Gasteiger charge is -2.08. The average Bonchev–Trinajstić information content (AvgIpc) is 2.33. The van der Waals surface area contributed by atoms with Crippen LogP contribution in [0.2, 0.25) is 10.0 Å². The van der Waals surface area contributed by atoms with Crippen molar-refractivity contribution in [1.29, 1.82) is 0 Å². The second-order valence-electron chi connectivity index (χ2n) is 3.63. The van der Waals surface area contributed by atoms with Crippen LogP contribution >= 0.6 is 35.0 Å². The lowest BCUT2D eigenvalue weighted by atomic mass is 10.3. The number of hydrogen-bond donors (Lipinski definition) is 3. The molecule has 0 aliphatic rings. The summed E-state index contributed by atoms with van der Waals surface area (Å²) in [5.41, 5.74) is 5.73. The monoisotopic (exact) mass is 322 g/mol. The molecule has 0 fully saturated rings. The van der Waals surface area contributed by atoms with Gasteiger partial charge < -0.3 is 16.2 Å². The number of carbonyl (C=O) groups is 2. The highest BCUT2D eigenvalue weighted by atomic mass is 35.5. The number of benzene rings is 1. The van der Waals surface area contributed by atoms with E-state index in [1.54, 1.807) is 12.1 Å². The van der Waals surface area contributed by atoms with Gasteiger partial charge in [0.25, 0.3) is 0 Å². The summed E-state index contributed by atoms with van der Waals surface area (Å²) < 4.78 is 0. The van der Waals surface area contributed by atoms with Gasteiger partial charge >= 0.3 is 5.97 Å². The highest BCUT2D eigenvalue weighted by Crippen LogP contribution is 2.25. The van der Waals surface area contributed by atoms with Gasteiger partial charge in [0.05, 0.1) is 16.5 Å². The molecular weight excluding hydrogens is 311 g/mol. The molecule has 0 spiro atoms. The van der Waals surface area contributed by atoms with Crippen LogP contribution in [0.3, 0.4) is 0 Å². The summed E-state index contributed by atoms with van der Waals surface area (Å²) in [7, 11) is 0. The molecule has 19 heavy (non-hydrogen) atoms. The van der Waals surface area contributed by atoms with E-state index in [1.807, 2.05) is 0 Å². The molecule has 1 aromatic carbocycles. The van der Waals surface area contributed by atoms with E-state index < -0.39 is 12.0 Å². The summed E-state index contributed by atoms with van der Waals surface area (Å²) in [6.45, 7) is 0. The van der Waals surface area contributed by atoms with E-state index in [9.17, 15) is 9.59 Å². The van der Waals surface area contributed by atoms with Crippen LogP contribution in [0.25, 0.3) is 0 Å². The first-order valence-corrected chi connectivity index (χ1v) is 7.12. The number of halogens is 2. The zero-order chi connectivity index (χ0) is 14.4. The van der Waals surface area contributed by atoms with Crippen LogP contribution in [-0.2, 0) is 9.59 Å². The highest BCUT2D eigenvalue weighted by molar-refractivity contribution is 8.00. The third-order valence-electron chi connectivity index (χ3n) is 2.05. The van der Waals surface area contributed by atoms with E-state index in [1.165, 1.54) is 6.07 Å². The Morgan fingerprint density at radius 3 is 2.74 bits per heavy atom. The van der Waals surface area contributed by atoms with Crippen molar-refractivity contribution in [2.75, 3.05) is 16.8 Å².